The minimum Gasteiger partial charge on any atom is -0.120 e. The Labute approximate surface area is 84.1 Å². The van der Waals surface area contributed by atoms with Crippen LogP contribution in [0.5, 0.6) is 0 Å². The van der Waals surface area contributed by atoms with Crippen molar-refractivity contribution in [2.45, 2.75) is 65.2 Å². The van der Waals surface area contributed by atoms with E-state index in [9.17, 15) is 0 Å². The van der Waals surface area contributed by atoms with E-state index in [0.29, 0.717) is 0 Å². The monoisotopic (exact) mass is 180 g/mol. The third-order valence-corrected chi connectivity index (χ3v) is 2.35. The number of unbranched alkanes of at least 4 members (excludes halogenated alkanes) is 6. The van der Waals surface area contributed by atoms with Gasteiger partial charge in [-0.1, -0.05) is 52.4 Å². The maximum atomic E-state index is 5.17. The molecule has 0 rings (SSSR count). The summed E-state index contributed by atoms with van der Waals surface area (Å²) in [4.78, 5) is 0. The molecule has 0 heterocycles. The van der Waals surface area contributed by atoms with E-state index in [4.69, 9.17) is 6.42 Å². The molecule has 0 aliphatic heterocycles. The molecule has 0 heteroatoms. The minimum absolute atomic E-state index is 0.876. The molecule has 0 amide bonds. The second-order valence-corrected chi connectivity index (χ2v) is 4.26. The van der Waals surface area contributed by atoms with Crippen LogP contribution in [0.3, 0.4) is 0 Å². The second kappa shape index (κ2) is 9.65. The average molecular weight is 180 g/mol. The number of hydrogen-bond acceptors (Lipinski definition) is 0. The Morgan fingerprint density at radius 1 is 0.923 bits per heavy atom. The van der Waals surface area contributed by atoms with Crippen molar-refractivity contribution in [2.75, 3.05) is 0 Å². The molecule has 0 aliphatic carbocycles. The Morgan fingerprint density at radius 3 is 2.00 bits per heavy atom. The van der Waals surface area contributed by atoms with Gasteiger partial charge in [0.15, 0.2) is 0 Å². The van der Waals surface area contributed by atoms with E-state index in [2.05, 4.69) is 19.8 Å². The Balaban J connectivity index is 2.88. The molecule has 0 aromatic rings. The smallest absolute Gasteiger partial charge is 0.00860 e. The van der Waals surface area contributed by atoms with Gasteiger partial charge < -0.3 is 0 Å². The molecule has 0 spiro atoms. The lowest BCUT2D eigenvalue weighted by molar-refractivity contribution is 0.512. The summed E-state index contributed by atoms with van der Waals surface area (Å²) < 4.78 is 0. The van der Waals surface area contributed by atoms with Gasteiger partial charge in [-0.05, 0) is 12.3 Å². The van der Waals surface area contributed by atoms with Crippen LogP contribution in [0.25, 0.3) is 0 Å². The molecule has 0 aromatic heterocycles. The molecule has 0 bridgehead atoms. The van der Waals surface area contributed by atoms with Crippen LogP contribution in [0.4, 0.5) is 0 Å². The largest absolute Gasteiger partial charge is 0.120 e. The Bertz CT molecular complexity index is 127. The zero-order chi connectivity index (χ0) is 9.94. The van der Waals surface area contributed by atoms with Crippen LogP contribution in [0.1, 0.15) is 65.2 Å². The third kappa shape index (κ3) is 11.6. The lowest BCUT2D eigenvalue weighted by atomic mass is 10.0. The number of hydrogen-bond donors (Lipinski definition) is 0. The average Bonchev–Trinajstić information content (AvgIpc) is 2.09. The van der Waals surface area contributed by atoms with Crippen molar-refractivity contribution in [3.63, 3.8) is 0 Å². The van der Waals surface area contributed by atoms with Crippen molar-refractivity contribution in [2.24, 2.45) is 5.92 Å². The van der Waals surface area contributed by atoms with Crippen molar-refractivity contribution in [3.8, 4) is 12.3 Å². The van der Waals surface area contributed by atoms with Gasteiger partial charge in [0.1, 0.15) is 0 Å². The lowest BCUT2D eigenvalue weighted by Gasteiger charge is -2.03. The minimum atomic E-state index is 0.876. The molecular weight excluding hydrogens is 156 g/mol. The van der Waals surface area contributed by atoms with Gasteiger partial charge in [0.25, 0.3) is 0 Å². The maximum Gasteiger partial charge on any atom is 0.00860 e. The topological polar surface area (TPSA) is 0 Å². The van der Waals surface area contributed by atoms with E-state index in [-0.39, 0.29) is 0 Å². The van der Waals surface area contributed by atoms with Crippen molar-refractivity contribution < 1.29 is 0 Å². The first kappa shape index (κ1) is 12.6. The summed E-state index contributed by atoms with van der Waals surface area (Å²) in [6.07, 6.45) is 15.7. The molecular formula is C13H24. The van der Waals surface area contributed by atoms with E-state index in [0.717, 1.165) is 12.3 Å². The Hall–Kier alpha value is -0.440. The van der Waals surface area contributed by atoms with Gasteiger partial charge in [-0.15, -0.1) is 12.3 Å². The van der Waals surface area contributed by atoms with Gasteiger partial charge >= 0.3 is 0 Å². The highest BCUT2D eigenvalue weighted by Crippen LogP contribution is 2.11. The lowest BCUT2D eigenvalue weighted by Crippen LogP contribution is -1.87. The molecule has 0 N–H and O–H groups in total. The summed E-state index contributed by atoms with van der Waals surface area (Å²) in [5.41, 5.74) is 0. The highest BCUT2D eigenvalue weighted by molar-refractivity contribution is 4.82. The fourth-order valence-corrected chi connectivity index (χ4v) is 1.49. The van der Waals surface area contributed by atoms with E-state index in [1.165, 1.54) is 44.9 Å². The van der Waals surface area contributed by atoms with Gasteiger partial charge in [0.2, 0.25) is 0 Å². The van der Waals surface area contributed by atoms with Crippen molar-refractivity contribution >= 4 is 0 Å². The molecule has 76 valence electrons. The van der Waals surface area contributed by atoms with Crippen LogP contribution in [0, 0.1) is 18.3 Å². The van der Waals surface area contributed by atoms with Gasteiger partial charge in [-0.3, -0.25) is 0 Å². The third-order valence-electron chi connectivity index (χ3n) is 2.35. The predicted molar refractivity (Wildman–Crippen MR) is 60.6 cm³/mol. The summed E-state index contributed by atoms with van der Waals surface area (Å²) >= 11 is 0. The first-order chi connectivity index (χ1) is 6.27. The number of rotatable bonds is 8. The van der Waals surface area contributed by atoms with Crippen LogP contribution < -0.4 is 0 Å². The van der Waals surface area contributed by atoms with Crippen molar-refractivity contribution in [1.29, 1.82) is 0 Å². The van der Waals surface area contributed by atoms with E-state index < -0.39 is 0 Å². The van der Waals surface area contributed by atoms with Crippen molar-refractivity contribution in [1.82, 2.24) is 0 Å². The Kier molecular flexibility index (Phi) is 9.32. The first-order valence-electron chi connectivity index (χ1n) is 5.71. The van der Waals surface area contributed by atoms with Crippen LogP contribution in [-0.2, 0) is 0 Å². The Morgan fingerprint density at radius 2 is 1.46 bits per heavy atom. The van der Waals surface area contributed by atoms with Crippen LogP contribution in [-0.4, -0.2) is 0 Å². The summed E-state index contributed by atoms with van der Waals surface area (Å²) in [6.45, 7) is 4.60. The fourth-order valence-electron chi connectivity index (χ4n) is 1.49. The molecule has 0 aromatic carbocycles. The maximum absolute atomic E-state index is 5.17. The molecule has 0 fully saturated rings. The second-order valence-electron chi connectivity index (χ2n) is 4.26. The van der Waals surface area contributed by atoms with Crippen LogP contribution >= 0.6 is 0 Å². The molecule has 0 saturated carbocycles. The zero-order valence-electron chi connectivity index (χ0n) is 9.31. The van der Waals surface area contributed by atoms with E-state index in [1.54, 1.807) is 0 Å². The summed E-state index contributed by atoms with van der Waals surface area (Å²) in [6, 6.07) is 0. The molecule has 13 heavy (non-hydrogen) atoms. The summed E-state index contributed by atoms with van der Waals surface area (Å²) in [7, 11) is 0. The summed E-state index contributed by atoms with van der Waals surface area (Å²) in [5, 5.41) is 0. The predicted octanol–water partition coefficient (Wildman–Crippen LogP) is 4.40. The normalized spacial score (nSPS) is 10.3. The SMILES string of the molecule is C#CCCCCCCCCC(C)C. The van der Waals surface area contributed by atoms with Crippen LogP contribution in [0.2, 0.25) is 0 Å². The van der Waals surface area contributed by atoms with Gasteiger partial charge in [0.05, 0.1) is 0 Å². The zero-order valence-corrected chi connectivity index (χ0v) is 9.31. The molecule has 0 unspecified atom stereocenters. The molecule has 0 nitrogen and oxygen atoms in total. The van der Waals surface area contributed by atoms with E-state index >= 15 is 0 Å². The standard InChI is InChI=1S/C13H24/c1-4-5-6-7-8-9-10-11-12-13(2)3/h1,13H,5-12H2,2-3H3. The highest BCUT2D eigenvalue weighted by atomic mass is 14.0. The van der Waals surface area contributed by atoms with E-state index in [1.807, 2.05) is 0 Å². The van der Waals surface area contributed by atoms with Gasteiger partial charge in [-0.25, -0.2) is 0 Å². The molecule has 0 radical (unpaired) electrons. The first-order valence-corrected chi connectivity index (χ1v) is 5.71. The van der Waals surface area contributed by atoms with Crippen LogP contribution in [0.15, 0.2) is 0 Å². The summed E-state index contributed by atoms with van der Waals surface area (Å²) in [5.74, 6) is 3.56. The van der Waals surface area contributed by atoms with Gasteiger partial charge in [-0.2, -0.15) is 0 Å². The quantitative estimate of drug-likeness (QED) is 0.384. The highest BCUT2D eigenvalue weighted by Gasteiger charge is 1.94. The molecule has 0 atom stereocenters. The molecule has 0 saturated heterocycles. The fraction of sp³-hybridized carbons (Fsp3) is 0.846. The van der Waals surface area contributed by atoms with Crippen molar-refractivity contribution in [3.05, 3.63) is 0 Å². The number of terminal acetylenes is 1. The van der Waals surface area contributed by atoms with Gasteiger partial charge in [0, 0.05) is 6.42 Å². The molecule has 0 aliphatic rings.